The van der Waals surface area contributed by atoms with Crippen LogP contribution in [0.5, 0.6) is 5.75 Å². The van der Waals surface area contributed by atoms with E-state index in [1.807, 2.05) is 19.0 Å². The first-order valence-corrected chi connectivity index (χ1v) is 7.36. The molecule has 0 fully saturated rings. The lowest BCUT2D eigenvalue weighted by Crippen LogP contribution is -2.41. The quantitative estimate of drug-likeness (QED) is 0.834. The van der Waals surface area contributed by atoms with E-state index in [9.17, 15) is 4.79 Å². The van der Waals surface area contributed by atoms with Crippen molar-refractivity contribution in [2.75, 3.05) is 47.4 Å². The van der Waals surface area contributed by atoms with Crippen molar-refractivity contribution >= 4 is 29.2 Å². The van der Waals surface area contributed by atoms with Crippen LogP contribution in [-0.2, 0) is 0 Å². The number of nitrogens with zero attached hydrogens (tertiary/aromatic N) is 2. The molecule has 0 spiro atoms. The molecule has 1 N–H and O–H groups in total. The van der Waals surface area contributed by atoms with Crippen LogP contribution < -0.4 is 10.1 Å². The third-order valence-electron chi connectivity index (χ3n) is 2.71. The second-order valence-corrected chi connectivity index (χ2v) is 5.78. The van der Waals surface area contributed by atoms with E-state index in [0.29, 0.717) is 35.5 Å². The zero-order valence-corrected chi connectivity index (χ0v) is 14.0. The molecular formula is C14H21Cl2N3O2. The van der Waals surface area contributed by atoms with Crippen molar-refractivity contribution in [3.05, 3.63) is 28.2 Å². The number of carbonyl (C=O) groups is 1. The van der Waals surface area contributed by atoms with Crippen LogP contribution >= 0.6 is 23.2 Å². The summed E-state index contributed by atoms with van der Waals surface area (Å²) in [6, 6.07) is 4.89. The van der Waals surface area contributed by atoms with Gasteiger partial charge in [-0.25, -0.2) is 4.79 Å². The molecule has 1 aromatic rings. The van der Waals surface area contributed by atoms with E-state index < -0.39 is 0 Å². The lowest BCUT2D eigenvalue weighted by Gasteiger charge is -2.19. The number of rotatable bonds is 7. The van der Waals surface area contributed by atoms with E-state index in [2.05, 4.69) is 5.32 Å². The molecule has 118 valence electrons. The third-order valence-corrected chi connectivity index (χ3v) is 3.15. The van der Waals surface area contributed by atoms with E-state index >= 15 is 0 Å². The normalized spacial score (nSPS) is 10.6. The minimum absolute atomic E-state index is 0.121. The Morgan fingerprint density at radius 1 is 1.14 bits per heavy atom. The van der Waals surface area contributed by atoms with E-state index in [-0.39, 0.29) is 6.03 Å². The van der Waals surface area contributed by atoms with E-state index in [1.54, 1.807) is 30.1 Å². The molecule has 0 radical (unpaired) electrons. The summed E-state index contributed by atoms with van der Waals surface area (Å²) in [5, 5.41) is 3.87. The number of halogens is 2. The van der Waals surface area contributed by atoms with Gasteiger partial charge in [-0.1, -0.05) is 23.2 Å². The Morgan fingerprint density at radius 3 is 2.33 bits per heavy atom. The van der Waals surface area contributed by atoms with Gasteiger partial charge in [0.05, 0.1) is 6.54 Å². The molecular weight excluding hydrogens is 313 g/mol. The topological polar surface area (TPSA) is 44.8 Å². The molecule has 0 saturated carbocycles. The monoisotopic (exact) mass is 333 g/mol. The summed E-state index contributed by atoms with van der Waals surface area (Å²) in [5.74, 6) is 0.592. The van der Waals surface area contributed by atoms with Crippen LogP contribution in [0.1, 0.15) is 0 Å². The Labute approximate surface area is 135 Å². The molecule has 7 heteroatoms. The molecule has 2 amide bonds. The first-order valence-electron chi connectivity index (χ1n) is 6.61. The highest BCUT2D eigenvalue weighted by Gasteiger charge is 2.08. The van der Waals surface area contributed by atoms with E-state index in [4.69, 9.17) is 27.9 Å². The summed E-state index contributed by atoms with van der Waals surface area (Å²) < 4.78 is 5.53. The Bertz CT molecular complexity index is 449. The van der Waals surface area contributed by atoms with Gasteiger partial charge in [0, 0.05) is 30.2 Å². The Hall–Kier alpha value is -1.17. The number of ether oxygens (including phenoxy) is 1. The fraction of sp³-hybridized carbons (Fsp3) is 0.500. The largest absolute Gasteiger partial charge is 0.492 e. The number of likely N-dealkylation sites (N-methyl/N-ethyl adjacent to an activating group) is 2. The van der Waals surface area contributed by atoms with Crippen LogP contribution in [0.4, 0.5) is 4.79 Å². The summed E-state index contributed by atoms with van der Waals surface area (Å²) >= 11 is 11.8. The zero-order chi connectivity index (χ0) is 15.8. The fourth-order valence-electron chi connectivity index (χ4n) is 1.54. The minimum atomic E-state index is -0.121. The Balaban J connectivity index is 2.29. The molecule has 0 aromatic heterocycles. The summed E-state index contributed by atoms with van der Waals surface area (Å²) in [6.07, 6.45) is 0. The van der Waals surface area contributed by atoms with Gasteiger partial charge in [0.1, 0.15) is 12.4 Å². The van der Waals surface area contributed by atoms with Crippen LogP contribution in [-0.4, -0.2) is 63.2 Å². The highest BCUT2D eigenvalue weighted by atomic mass is 35.5. The lowest BCUT2D eigenvalue weighted by atomic mass is 10.3. The van der Waals surface area contributed by atoms with Gasteiger partial charge in [0.25, 0.3) is 0 Å². The molecule has 5 nitrogen and oxygen atoms in total. The molecule has 0 aliphatic heterocycles. The van der Waals surface area contributed by atoms with Crippen LogP contribution in [0.15, 0.2) is 18.2 Å². The Kier molecular flexibility index (Phi) is 7.64. The van der Waals surface area contributed by atoms with Gasteiger partial charge in [0.15, 0.2) is 0 Å². The molecule has 0 unspecified atom stereocenters. The summed E-state index contributed by atoms with van der Waals surface area (Å²) in [4.78, 5) is 15.4. The van der Waals surface area contributed by atoms with Crippen molar-refractivity contribution in [1.82, 2.24) is 15.1 Å². The fourth-order valence-corrected chi connectivity index (χ4v) is 2.04. The van der Waals surface area contributed by atoms with Gasteiger partial charge in [-0.2, -0.15) is 0 Å². The highest BCUT2D eigenvalue weighted by Crippen LogP contribution is 2.23. The summed E-state index contributed by atoms with van der Waals surface area (Å²) in [7, 11) is 5.64. The molecule has 21 heavy (non-hydrogen) atoms. The van der Waals surface area contributed by atoms with Gasteiger partial charge >= 0.3 is 6.03 Å². The number of hydrogen-bond acceptors (Lipinski definition) is 3. The second kappa shape index (κ2) is 8.97. The standard InChI is InChI=1S/C14H21Cl2N3O2/c1-18(2)5-4-17-14(20)19(3)6-7-21-13-9-11(15)8-12(16)10-13/h8-10H,4-7H2,1-3H3,(H,17,20). The number of amides is 2. The van der Waals surface area contributed by atoms with Crippen molar-refractivity contribution < 1.29 is 9.53 Å². The van der Waals surface area contributed by atoms with Crippen LogP contribution in [0.3, 0.4) is 0 Å². The molecule has 0 atom stereocenters. The molecule has 0 heterocycles. The average molecular weight is 334 g/mol. The summed E-state index contributed by atoms with van der Waals surface area (Å²) in [5.41, 5.74) is 0. The van der Waals surface area contributed by atoms with Crippen molar-refractivity contribution in [3.8, 4) is 5.75 Å². The predicted octanol–water partition coefficient (Wildman–Crippen LogP) is 2.58. The van der Waals surface area contributed by atoms with Gasteiger partial charge in [-0.05, 0) is 32.3 Å². The van der Waals surface area contributed by atoms with Gasteiger partial charge in [0.2, 0.25) is 0 Å². The van der Waals surface area contributed by atoms with Gasteiger partial charge < -0.3 is 19.9 Å². The number of benzene rings is 1. The van der Waals surface area contributed by atoms with Gasteiger partial charge in [-0.15, -0.1) is 0 Å². The minimum Gasteiger partial charge on any atom is -0.492 e. The van der Waals surface area contributed by atoms with Crippen LogP contribution in [0.2, 0.25) is 10.0 Å². The first kappa shape index (κ1) is 17.9. The van der Waals surface area contributed by atoms with Crippen LogP contribution in [0, 0.1) is 0 Å². The maximum atomic E-state index is 11.8. The SMILES string of the molecule is CN(C)CCNC(=O)N(C)CCOc1cc(Cl)cc(Cl)c1. The van der Waals surface area contributed by atoms with Crippen molar-refractivity contribution in [1.29, 1.82) is 0 Å². The van der Waals surface area contributed by atoms with Crippen LogP contribution in [0.25, 0.3) is 0 Å². The van der Waals surface area contributed by atoms with Crippen molar-refractivity contribution in [2.45, 2.75) is 0 Å². The Morgan fingerprint density at radius 2 is 1.76 bits per heavy atom. The molecule has 1 aromatic carbocycles. The third kappa shape index (κ3) is 7.41. The number of urea groups is 1. The smallest absolute Gasteiger partial charge is 0.317 e. The zero-order valence-electron chi connectivity index (χ0n) is 12.5. The van der Waals surface area contributed by atoms with Gasteiger partial charge in [-0.3, -0.25) is 0 Å². The predicted molar refractivity (Wildman–Crippen MR) is 86.5 cm³/mol. The first-order chi connectivity index (χ1) is 9.88. The van der Waals surface area contributed by atoms with Crippen molar-refractivity contribution in [2.24, 2.45) is 0 Å². The molecule has 1 rings (SSSR count). The molecule has 0 aliphatic carbocycles. The lowest BCUT2D eigenvalue weighted by molar-refractivity contribution is 0.194. The van der Waals surface area contributed by atoms with Crippen molar-refractivity contribution in [3.63, 3.8) is 0 Å². The molecule has 0 bridgehead atoms. The van der Waals surface area contributed by atoms with E-state index in [1.165, 1.54) is 0 Å². The average Bonchev–Trinajstić information content (AvgIpc) is 2.36. The van der Waals surface area contributed by atoms with E-state index in [0.717, 1.165) is 6.54 Å². The maximum Gasteiger partial charge on any atom is 0.317 e. The summed E-state index contributed by atoms with van der Waals surface area (Å²) in [6.45, 7) is 2.25. The number of hydrogen-bond donors (Lipinski definition) is 1. The highest BCUT2D eigenvalue weighted by molar-refractivity contribution is 6.34. The second-order valence-electron chi connectivity index (χ2n) is 4.91. The number of nitrogens with one attached hydrogen (secondary N) is 1. The molecule has 0 aliphatic rings. The number of carbonyl (C=O) groups excluding carboxylic acids is 1. The maximum absolute atomic E-state index is 11.8. The molecule has 0 saturated heterocycles.